The smallest absolute Gasteiger partial charge is 0.276 e. The summed E-state index contributed by atoms with van der Waals surface area (Å²) in [4.78, 5) is 29.9. The normalized spacial score (nSPS) is 13.7. The number of methoxy groups -OCH3 is 1. The van der Waals surface area contributed by atoms with Gasteiger partial charge in [0.05, 0.1) is 18.3 Å². The van der Waals surface area contributed by atoms with Crippen molar-refractivity contribution >= 4 is 28.4 Å². The fraction of sp³-hybridized carbons (Fsp3) is 0.333. The molecule has 0 aliphatic heterocycles. The largest absolute Gasteiger partial charge is 0.481 e. The predicted octanol–water partition coefficient (Wildman–Crippen LogP) is 2.76. The fourth-order valence-corrected chi connectivity index (χ4v) is 3.41. The lowest BCUT2D eigenvalue weighted by Gasteiger charge is -2.25. The number of carbonyl (C=O) groups excluding carboxylic acids is 2. The van der Waals surface area contributed by atoms with E-state index in [0.29, 0.717) is 29.7 Å². The van der Waals surface area contributed by atoms with Crippen LogP contribution in [0.5, 0.6) is 5.88 Å². The summed E-state index contributed by atoms with van der Waals surface area (Å²) in [7, 11) is 3.27. The molecule has 0 atom stereocenters. The lowest BCUT2D eigenvalue weighted by Crippen LogP contribution is -2.33. The average molecular weight is 393 g/mol. The Morgan fingerprint density at radius 3 is 2.66 bits per heavy atom. The van der Waals surface area contributed by atoms with E-state index in [2.05, 4.69) is 20.7 Å². The van der Waals surface area contributed by atoms with Gasteiger partial charge in [0.25, 0.3) is 11.8 Å². The molecule has 2 amide bonds. The predicted molar refractivity (Wildman–Crippen MR) is 109 cm³/mol. The Kier molecular flexibility index (Phi) is 5.16. The number of nitrogens with one attached hydrogen (secondary N) is 2. The molecule has 29 heavy (non-hydrogen) atoms. The number of aromatic nitrogens is 3. The summed E-state index contributed by atoms with van der Waals surface area (Å²) in [5.74, 6) is 0.0846. The molecule has 3 aromatic rings. The quantitative estimate of drug-likeness (QED) is 0.671. The van der Waals surface area contributed by atoms with E-state index in [0.717, 1.165) is 23.7 Å². The molecule has 2 N–H and O–H groups in total. The summed E-state index contributed by atoms with van der Waals surface area (Å²) in [6, 6.07) is 10.7. The molecule has 8 nitrogen and oxygen atoms in total. The minimum Gasteiger partial charge on any atom is -0.481 e. The highest BCUT2D eigenvalue weighted by molar-refractivity contribution is 6.13. The Morgan fingerprint density at radius 1 is 1.14 bits per heavy atom. The zero-order valence-corrected chi connectivity index (χ0v) is 16.4. The minimum atomic E-state index is -0.401. The standard InChI is InChI=1S/C21H23N5O3/c1-26-16-9-4-3-8-14(16)18(25-26)21(28)23-15-10-11-17(29-2)24-19(15)20(27)22-12-13-6-5-7-13/h3-4,8-11,13H,5-7,12H2,1-2H3,(H,22,27)(H,23,28). The maximum absolute atomic E-state index is 12.9. The van der Waals surface area contributed by atoms with E-state index in [-0.39, 0.29) is 11.6 Å². The molecule has 0 saturated heterocycles. The minimum absolute atomic E-state index is 0.122. The Balaban J connectivity index is 1.59. The lowest BCUT2D eigenvalue weighted by molar-refractivity contribution is 0.0934. The molecule has 1 aromatic carbocycles. The van der Waals surface area contributed by atoms with Crippen LogP contribution in [0.25, 0.3) is 10.9 Å². The Bertz CT molecular complexity index is 1070. The van der Waals surface area contributed by atoms with Gasteiger partial charge in [-0.25, -0.2) is 4.98 Å². The first-order valence-corrected chi connectivity index (χ1v) is 9.63. The van der Waals surface area contributed by atoms with Crippen molar-refractivity contribution in [1.82, 2.24) is 20.1 Å². The molecule has 0 unspecified atom stereocenters. The van der Waals surface area contributed by atoms with Gasteiger partial charge in [0.15, 0.2) is 11.4 Å². The van der Waals surface area contributed by atoms with E-state index in [9.17, 15) is 9.59 Å². The molecule has 1 fully saturated rings. The van der Waals surface area contributed by atoms with Crippen LogP contribution >= 0.6 is 0 Å². The topological polar surface area (TPSA) is 98.1 Å². The summed E-state index contributed by atoms with van der Waals surface area (Å²) in [6.45, 7) is 0.607. The van der Waals surface area contributed by atoms with Crippen molar-refractivity contribution in [3.63, 3.8) is 0 Å². The van der Waals surface area contributed by atoms with E-state index < -0.39 is 5.91 Å². The number of rotatable bonds is 6. The number of benzene rings is 1. The number of ether oxygens (including phenoxy) is 1. The number of hydrogen-bond acceptors (Lipinski definition) is 5. The maximum atomic E-state index is 12.9. The van der Waals surface area contributed by atoms with E-state index in [1.54, 1.807) is 23.9 Å². The number of anilines is 1. The van der Waals surface area contributed by atoms with E-state index in [1.807, 2.05) is 24.3 Å². The van der Waals surface area contributed by atoms with Crippen LogP contribution in [0.15, 0.2) is 36.4 Å². The van der Waals surface area contributed by atoms with Crippen molar-refractivity contribution in [2.75, 3.05) is 19.0 Å². The molecule has 2 aromatic heterocycles. The van der Waals surface area contributed by atoms with Crippen molar-refractivity contribution in [3.8, 4) is 5.88 Å². The first-order chi connectivity index (χ1) is 14.1. The van der Waals surface area contributed by atoms with Crippen molar-refractivity contribution in [3.05, 3.63) is 47.8 Å². The van der Waals surface area contributed by atoms with Gasteiger partial charge >= 0.3 is 0 Å². The Labute approximate surface area is 168 Å². The molecule has 0 bridgehead atoms. The Morgan fingerprint density at radius 2 is 1.93 bits per heavy atom. The molecule has 0 radical (unpaired) electrons. The Hall–Kier alpha value is -3.42. The summed E-state index contributed by atoms with van der Waals surface area (Å²) < 4.78 is 6.80. The summed E-state index contributed by atoms with van der Waals surface area (Å²) in [5.41, 5.74) is 1.58. The molecular weight excluding hydrogens is 370 g/mol. The van der Waals surface area contributed by atoms with Gasteiger partial charge in [-0.1, -0.05) is 24.6 Å². The van der Waals surface area contributed by atoms with Crippen molar-refractivity contribution in [2.45, 2.75) is 19.3 Å². The summed E-state index contributed by atoms with van der Waals surface area (Å²) >= 11 is 0. The van der Waals surface area contributed by atoms with Crippen LogP contribution in [0.4, 0.5) is 5.69 Å². The van der Waals surface area contributed by atoms with Crippen LogP contribution in [0, 0.1) is 5.92 Å². The number of para-hydroxylation sites is 1. The zero-order valence-electron chi connectivity index (χ0n) is 16.4. The van der Waals surface area contributed by atoms with Crippen LogP contribution < -0.4 is 15.4 Å². The summed E-state index contributed by atoms with van der Waals surface area (Å²) in [5, 5.41) is 10.8. The third kappa shape index (κ3) is 3.78. The molecule has 150 valence electrons. The molecule has 1 saturated carbocycles. The SMILES string of the molecule is COc1ccc(NC(=O)c2nn(C)c3ccccc23)c(C(=O)NCC2CCC2)n1. The third-order valence-electron chi connectivity index (χ3n) is 5.29. The number of aryl methyl sites for hydroxylation is 1. The highest BCUT2D eigenvalue weighted by atomic mass is 16.5. The molecule has 2 heterocycles. The van der Waals surface area contributed by atoms with E-state index in [1.165, 1.54) is 13.5 Å². The molecule has 4 rings (SSSR count). The monoisotopic (exact) mass is 393 g/mol. The number of amides is 2. The van der Waals surface area contributed by atoms with E-state index in [4.69, 9.17) is 4.74 Å². The number of fused-ring (bicyclic) bond motifs is 1. The van der Waals surface area contributed by atoms with Crippen molar-refractivity contribution in [2.24, 2.45) is 13.0 Å². The second kappa shape index (κ2) is 7.90. The van der Waals surface area contributed by atoms with Crippen LogP contribution in [0.2, 0.25) is 0 Å². The molecule has 8 heteroatoms. The first-order valence-electron chi connectivity index (χ1n) is 9.63. The van der Waals surface area contributed by atoms with Gasteiger partial charge in [-0.3, -0.25) is 14.3 Å². The highest BCUT2D eigenvalue weighted by Gasteiger charge is 2.23. The van der Waals surface area contributed by atoms with Crippen LogP contribution in [0.3, 0.4) is 0 Å². The van der Waals surface area contributed by atoms with Crippen LogP contribution in [-0.4, -0.2) is 40.2 Å². The lowest BCUT2D eigenvalue weighted by atomic mass is 9.85. The van der Waals surface area contributed by atoms with Crippen LogP contribution in [0.1, 0.15) is 40.2 Å². The van der Waals surface area contributed by atoms with Crippen LogP contribution in [-0.2, 0) is 7.05 Å². The second-order valence-corrected chi connectivity index (χ2v) is 7.20. The fourth-order valence-electron chi connectivity index (χ4n) is 3.41. The summed E-state index contributed by atoms with van der Waals surface area (Å²) in [6.07, 6.45) is 3.46. The second-order valence-electron chi connectivity index (χ2n) is 7.20. The molecule has 0 spiro atoms. The highest BCUT2D eigenvalue weighted by Crippen LogP contribution is 2.26. The zero-order chi connectivity index (χ0) is 20.4. The molecule has 1 aliphatic rings. The van der Waals surface area contributed by atoms with Gasteiger partial charge in [-0.05, 0) is 30.9 Å². The average Bonchev–Trinajstić information content (AvgIpc) is 3.04. The number of hydrogen-bond donors (Lipinski definition) is 2. The number of carbonyl (C=O) groups is 2. The van der Waals surface area contributed by atoms with E-state index >= 15 is 0 Å². The number of nitrogens with zero attached hydrogens (tertiary/aromatic N) is 3. The number of pyridine rings is 1. The maximum Gasteiger partial charge on any atom is 0.276 e. The molecule has 1 aliphatic carbocycles. The van der Waals surface area contributed by atoms with Gasteiger partial charge in [0.2, 0.25) is 5.88 Å². The molecular formula is C21H23N5O3. The van der Waals surface area contributed by atoms with Gasteiger partial charge < -0.3 is 15.4 Å². The van der Waals surface area contributed by atoms with Gasteiger partial charge in [0.1, 0.15) is 0 Å². The van der Waals surface area contributed by atoms with Crippen molar-refractivity contribution in [1.29, 1.82) is 0 Å². The van der Waals surface area contributed by atoms with Gasteiger partial charge in [-0.15, -0.1) is 0 Å². The van der Waals surface area contributed by atoms with Crippen molar-refractivity contribution < 1.29 is 14.3 Å². The van der Waals surface area contributed by atoms with Gasteiger partial charge in [-0.2, -0.15) is 5.10 Å². The third-order valence-corrected chi connectivity index (χ3v) is 5.29. The van der Waals surface area contributed by atoms with Gasteiger partial charge in [0, 0.05) is 25.0 Å². The first kappa shape index (κ1) is 18.9.